The smallest absolute Gasteiger partial charge is 0.312 e. The second kappa shape index (κ2) is 23.6. The van der Waals surface area contributed by atoms with Gasteiger partial charge in [-0.05, 0) is 26.2 Å². The minimum atomic E-state index is -0.833. The van der Waals surface area contributed by atoms with Crippen molar-refractivity contribution in [1.29, 1.82) is 0 Å². The van der Waals surface area contributed by atoms with E-state index in [9.17, 15) is 4.79 Å². The fourth-order valence-electron chi connectivity index (χ4n) is 4.17. The molecule has 0 saturated heterocycles. The van der Waals surface area contributed by atoms with Gasteiger partial charge in [-0.3, -0.25) is 9.59 Å². The highest BCUT2D eigenvalue weighted by molar-refractivity contribution is 5.76. The van der Waals surface area contributed by atoms with Gasteiger partial charge in [0.1, 0.15) is 0 Å². The van der Waals surface area contributed by atoms with Crippen LogP contribution in [0.15, 0.2) is 0 Å². The SMILES string of the molecule is CC(=O)O.CCCCCCCC(CCCCCCC)(CCCCCCC)C(=O)OCC. The average molecular weight is 443 g/mol. The summed E-state index contributed by atoms with van der Waals surface area (Å²) in [5.74, 6) is -0.730. The lowest BCUT2D eigenvalue weighted by Crippen LogP contribution is -2.33. The Hall–Kier alpha value is -1.06. The number of hydrogen-bond donors (Lipinski definition) is 1. The molecule has 0 aromatic carbocycles. The molecule has 0 aliphatic heterocycles. The first-order valence-electron chi connectivity index (χ1n) is 13.3. The highest BCUT2D eigenvalue weighted by atomic mass is 16.5. The van der Waals surface area contributed by atoms with Crippen LogP contribution >= 0.6 is 0 Å². The van der Waals surface area contributed by atoms with Crippen molar-refractivity contribution in [3.05, 3.63) is 0 Å². The van der Waals surface area contributed by atoms with Crippen LogP contribution in [-0.4, -0.2) is 23.7 Å². The number of carboxylic acid groups (broad SMARTS) is 1. The average Bonchev–Trinajstić information content (AvgIpc) is 2.72. The maximum Gasteiger partial charge on any atom is 0.312 e. The fraction of sp³-hybridized carbons (Fsp3) is 0.926. The maximum atomic E-state index is 13.0. The van der Waals surface area contributed by atoms with Crippen LogP contribution < -0.4 is 0 Å². The Balaban J connectivity index is 0. The monoisotopic (exact) mass is 442 g/mol. The van der Waals surface area contributed by atoms with Crippen molar-refractivity contribution in [2.75, 3.05) is 6.61 Å². The Morgan fingerprint density at radius 1 is 0.613 bits per heavy atom. The van der Waals surface area contributed by atoms with Crippen molar-refractivity contribution in [2.45, 2.75) is 150 Å². The van der Waals surface area contributed by atoms with Gasteiger partial charge < -0.3 is 9.84 Å². The molecule has 0 atom stereocenters. The van der Waals surface area contributed by atoms with E-state index in [4.69, 9.17) is 14.6 Å². The third-order valence-corrected chi connectivity index (χ3v) is 5.99. The van der Waals surface area contributed by atoms with E-state index in [1.165, 1.54) is 96.3 Å². The molecule has 0 heterocycles. The molecule has 0 spiro atoms. The van der Waals surface area contributed by atoms with E-state index < -0.39 is 5.97 Å². The molecule has 0 aromatic heterocycles. The van der Waals surface area contributed by atoms with Gasteiger partial charge >= 0.3 is 5.97 Å². The van der Waals surface area contributed by atoms with Crippen LogP contribution in [0.25, 0.3) is 0 Å². The van der Waals surface area contributed by atoms with E-state index in [1.54, 1.807) is 0 Å². The molecule has 0 unspecified atom stereocenters. The summed E-state index contributed by atoms with van der Waals surface area (Å²) >= 11 is 0. The summed E-state index contributed by atoms with van der Waals surface area (Å²) < 4.78 is 5.60. The van der Waals surface area contributed by atoms with Gasteiger partial charge in [0.15, 0.2) is 0 Å². The molecule has 0 radical (unpaired) electrons. The fourth-order valence-corrected chi connectivity index (χ4v) is 4.17. The molecule has 0 rings (SSSR count). The molecule has 0 saturated carbocycles. The van der Waals surface area contributed by atoms with Gasteiger partial charge in [-0.25, -0.2) is 0 Å². The number of ether oxygens (including phenoxy) is 1. The molecule has 0 fully saturated rings. The largest absolute Gasteiger partial charge is 0.481 e. The van der Waals surface area contributed by atoms with E-state index in [2.05, 4.69) is 20.8 Å². The summed E-state index contributed by atoms with van der Waals surface area (Å²) in [5.41, 5.74) is -0.208. The first-order chi connectivity index (χ1) is 14.9. The van der Waals surface area contributed by atoms with E-state index in [1.807, 2.05) is 6.92 Å². The topological polar surface area (TPSA) is 63.6 Å². The van der Waals surface area contributed by atoms with Crippen LogP contribution in [-0.2, 0) is 14.3 Å². The Morgan fingerprint density at radius 3 is 1.16 bits per heavy atom. The van der Waals surface area contributed by atoms with E-state index in [-0.39, 0.29) is 11.4 Å². The molecule has 4 nitrogen and oxygen atoms in total. The number of hydrogen-bond acceptors (Lipinski definition) is 3. The van der Waals surface area contributed by atoms with Crippen LogP contribution in [0.4, 0.5) is 0 Å². The molecule has 0 aliphatic rings. The predicted octanol–water partition coefficient (Wildman–Crippen LogP) is 8.71. The van der Waals surface area contributed by atoms with Gasteiger partial charge in [0, 0.05) is 6.92 Å². The van der Waals surface area contributed by atoms with E-state index in [0.29, 0.717) is 6.61 Å². The highest BCUT2D eigenvalue weighted by Gasteiger charge is 2.38. The number of carbonyl (C=O) groups is 2. The van der Waals surface area contributed by atoms with Gasteiger partial charge in [-0.2, -0.15) is 0 Å². The van der Waals surface area contributed by atoms with Crippen LogP contribution in [0.1, 0.15) is 150 Å². The zero-order valence-corrected chi connectivity index (χ0v) is 21.6. The second-order valence-corrected chi connectivity index (χ2v) is 9.01. The van der Waals surface area contributed by atoms with Crippen molar-refractivity contribution in [2.24, 2.45) is 5.41 Å². The van der Waals surface area contributed by atoms with Crippen molar-refractivity contribution in [3.8, 4) is 0 Å². The Bertz CT molecular complexity index is 366. The molecule has 186 valence electrons. The van der Waals surface area contributed by atoms with Crippen molar-refractivity contribution in [1.82, 2.24) is 0 Å². The molecule has 4 heteroatoms. The lowest BCUT2D eigenvalue weighted by Gasteiger charge is -2.32. The molecular weight excluding hydrogens is 388 g/mol. The van der Waals surface area contributed by atoms with Crippen molar-refractivity contribution >= 4 is 11.9 Å². The quantitative estimate of drug-likeness (QED) is 0.151. The second-order valence-electron chi connectivity index (χ2n) is 9.01. The Morgan fingerprint density at radius 2 is 0.903 bits per heavy atom. The van der Waals surface area contributed by atoms with Crippen LogP contribution in [0.5, 0.6) is 0 Å². The minimum absolute atomic E-state index is 0.103. The number of unbranched alkanes of at least 4 members (excludes halogenated alkanes) is 12. The predicted molar refractivity (Wildman–Crippen MR) is 133 cm³/mol. The standard InChI is InChI=1S/C25H50O2.C2H4O2/c1-5-9-12-15-18-21-25(24(26)27-8-4,22-19-16-13-10-6-2)23-20-17-14-11-7-3;1-2(3)4/h5-23H2,1-4H3;1H3,(H,3,4). The molecule has 1 N–H and O–H groups in total. The number of aliphatic carboxylic acids is 1. The van der Waals surface area contributed by atoms with Crippen LogP contribution in [0.2, 0.25) is 0 Å². The first kappa shape index (κ1) is 32.1. The first-order valence-corrected chi connectivity index (χ1v) is 13.3. The van der Waals surface area contributed by atoms with Gasteiger partial charge in [0.2, 0.25) is 0 Å². The van der Waals surface area contributed by atoms with Crippen LogP contribution in [0.3, 0.4) is 0 Å². The van der Waals surface area contributed by atoms with Crippen molar-refractivity contribution in [3.63, 3.8) is 0 Å². The van der Waals surface area contributed by atoms with Gasteiger partial charge in [-0.1, -0.05) is 117 Å². The third kappa shape index (κ3) is 20.6. The van der Waals surface area contributed by atoms with E-state index >= 15 is 0 Å². The molecule has 31 heavy (non-hydrogen) atoms. The molecular formula is C27H54O4. The Labute approximate surface area is 193 Å². The van der Waals surface area contributed by atoms with Crippen LogP contribution in [0, 0.1) is 5.41 Å². The summed E-state index contributed by atoms with van der Waals surface area (Å²) in [5, 5.41) is 7.42. The molecule has 0 aliphatic carbocycles. The van der Waals surface area contributed by atoms with Gasteiger partial charge in [0.05, 0.1) is 12.0 Å². The van der Waals surface area contributed by atoms with Crippen molar-refractivity contribution < 1.29 is 19.4 Å². The van der Waals surface area contributed by atoms with E-state index in [0.717, 1.165) is 26.2 Å². The highest BCUT2D eigenvalue weighted by Crippen LogP contribution is 2.39. The lowest BCUT2D eigenvalue weighted by atomic mass is 9.74. The summed E-state index contributed by atoms with van der Waals surface area (Å²) in [6.07, 6.45) is 22.2. The maximum absolute atomic E-state index is 13.0. The summed E-state index contributed by atoms with van der Waals surface area (Å²) in [6.45, 7) is 10.3. The number of rotatable bonds is 20. The normalized spacial score (nSPS) is 11.0. The van der Waals surface area contributed by atoms with Gasteiger partial charge in [0.25, 0.3) is 5.97 Å². The number of esters is 1. The van der Waals surface area contributed by atoms with Gasteiger partial charge in [-0.15, -0.1) is 0 Å². The molecule has 0 aromatic rings. The minimum Gasteiger partial charge on any atom is -0.481 e. The molecule has 0 bridgehead atoms. The Kier molecular flexibility index (Phi) is 24.5. The zero-order valence-electron chi connectivity index (χ0n) is 21.6. The number of carbonyl (C=O) groups excluding carboxylic acids is 1. The summed E-state index contributed by atoms with van der Waals surface area (Å²) in [4.78, 5) is 22.0. The summed E-state index contributed by atoms with van der Waals surface area (Å²) in [7, 11) is 0. The lowest BCUT2D eigenvalue weighted by molar-refractivity contribution is -0.157. The third-order valence-electron chi connectivity index (χ3n) is 5.99. The summed E-state index contributed by atoms with van der Waals surface area (Å²) in [6, 6.07) is 0. The molecule has 0 amide bonds. The number of carboxylic acids is 1. The zero-order chi connectivity index (χ0) is 23.8.